The molecule has 0 aromatic heterocycles. The Morgan fingerprint density at radius 3 is 1.35 bits per heavy atom. The van der Waals surface area contributed by atoms with E-state index in [-0.39, 0.29) is 12.5 Å². The number of amides is 1. The highest BCUT2D eigenvalue weighted by molar-refractivity contribution is 5.76. The Balaban J connectivity index is 3.68. The van der Waals surface area contributed by atoms with Gasteiger partial charge in [0.05, 0.1) is 18.8 Å². The Morgan fingerprint density at radius 1 is 0.558 bits per heavy atom. The van der Waals surface area contributed by atoms with Gasteiger partial charge < -0.3 is 20.6 Å². The first-order valence-electron chi connectivity index (χ1n) is 19.0. The summed E-state index contributed by atoms with van der Waals surface area (Å²) in [5, 5.41) is 33.3. The predicted molar refractivity (Wildman–Crippen MR) is 185 cm³/mol. The lowest BCUT2D eigenvalue weighted by Gasteiger charge is -2.26. The largest absolute Gasteiger partial charge is 0.394 e. The average Bonchev–Trinajstić information content (AvgIpc) is 3.01. The number of aliphatic hydroxyl groups is 3. The minimum Gasteiger partial charge on any atom is -0.394 e. The zero-order valence-corrected chi connectivity index (χ0v) is 28.8. The number of unbranched alkanes of at least 4 members (excludes halogenated alkanes) is 24. The number of allylic oxidation sites excluding steroid dienone is 2. The molecule has 5 nitrogen and oxygen atoms in total. The molecule has 0 aromatic rings. The molecule has 0 radical (unpaired) electrons. The van der Waals surface area contributed by atoms with E-state index in [1.807, 2.05) is 0 Å². The highest BCUT2D eigenvalue weighted by Crippen LogP contribution is 2.15. The minimum absolute atomic E-state index is 0.156. The first kappa shape index (κ1) is 42.1. The van der Waals surface area contributed by atoms with Gasteiger partial charge in [0.15, 0.2) is 0 Å². The fourth-order valence-electron chi connectivity index (χ4n) is 5.87. The van der Waals surface area contributed by atoms with E-state index < -0.39 is 18.2 Å². The number of hydrogen-bond acceptors (Lipinski definition) is 4. The van der Waals surface area contributed by atoms with Crippen LogP contribution in [0.3, 0.4) is 0 Å². The molecule has 0 heterocycles. The molecule has 0 spiro atoms. The molecule has 3 unspecified atom stereocenters. The SMILES string of the molecule is CCCCCCCCCCCCCCCC/C=C/CCCC(O)C(O)C(CO)NC(=O)CCCCCCCCCCCC. The standard InChI is InChI=1S/C38H75NO4/c1-3-5-7-9-11-13-15-16-17-18-19-20-21-22-23-24-26-28-30-32-36(41)38(43)35(34-40)39-37(42)33-31-29-27-25-14-12-10-8-6-4-2/h24,26,35-36,38,40-41,43H,3-23,25,27-34H2,1-2H3,(H,39,42)/b26-24+. The van der Waals surface area contributed by atoms with Crippen LogP contribution in [0.25, 0.3) is 0 Å². The lowest BCUT2D eigenvalue weighted by molar-refractivity contribution is -0.124. The molecule has 0 saturated carbocycles. The van der Waals surface area contributed by atoms with Crippen LogP contribution in [0, 0.1) is 0 Å². The fraction of sp³-hybridized carbons (Fsp3) is 0.921. The van der Waals surface area contributed by atoms with Crippen LogP contribution in [0.1, 0.15) is 200 Å². The molecule has 0 aromatic carbocycles. The third-order valence-corrected chi connectivity index (χ3v) is 8.87. The van der Waals surface area contributed by atoms with E-state index in [0.29, 0.717) is 12.8 Å². The molecule has 43 heavy (non-hydrogen) atoms. The van der Waals surface area contributed by atoms with Gasteiger partial charge in [-0.05, 0) is 38.5 Å². The Morgan fingerprint density at radius 2 is 0.930 bits per heavy atom. The summed E-state index contributed by atoms with van der Waals surface area (Å²) in [7, 11) is 0. The zero-order chi connectivity index (χ0) is 31.6. The van der Waals surface area contributed by atoms with Crippen molar-refractivity contribution in [3.05, 3.63) is 12.2 Å². The monoisotopic (exact) mass is 610 g/mol. The molecule has 256 valence electrons. The molecule has 0 fully saturated rings. The topological polar surface area (TPSA) is 89.8 Å². The summed E-state index contributed by atoms with van der Waals surface area (Å²) in [5.74, 6) is -0.156. The third kappa shape index (κ3) is 29.6. The molecule has 5 heteroatoms. The van der Waals surface area contributed by atoms with Gasteiger partial charge in [0.25, 0.3) is 0 Å². The van der Waals surface area contributed by atoms with Crippen LogP contribution in [0.2, 0.25) is 0 Å². The van der Waals surface area contributed by atoms with E-state index in [4.69, 9.17) is 0 Å². The molecule has 1 amide bonds. The van der Waals surface area contributed by atoms with Crippen LogP contribution in [-0.4, -0.2) is 46.1 Å². The van der Waals surface area contributed by atoms with Gasteiger partial charge in [-0.3, -0.25) is 4.79 Å². The highest BCUT2D eigenvalue weighted by atomic mass is 16.3. The second-order valence-corrected chi connectivity index (χ2v) is 13.1. The van der Waals surface area contributed by atoms with E-state index in [1.165, 1.54) is 135 Å². The lowest BCUT2D eigenvalue weighted by atomic mass is 10.0. The van der Waals surface area contributed by atoms with Crippen molar-refractivity contribution in [2.45, 2.75) is 218 Å². The van der Waals surface area contributed by atoms with Crippen molar-refractivity contribution in [2.75, 3.05) is 6.61 Å². The molecule has 0 rings (SSSR count). The van der Waals surface area contributed by atoms with Gasteiger partial charge >= 0.3 is 0 Å². The van der Waals surface area contributed by atoms with Crippen molar-refractivity contribution < 1.29 is 20.1 Å². The van der Waals surface area contributed by atoms with Crippen molar-refractivity contribution in [2.24, 2.45) is 0 Å². The first-order valence-corrected chi connectivity index (χ1v) is 19.0. The second-order valence-electron chi connectivity index (χ2n) is 13.1. The van der Waals surface area contributed by atoms with Crippen molar-refractivity contribution in [1.82, 2.24) is 5.32 Å². The molecular formula is C38H75NO4. The van der Waals surface area contributed by atoms with E-state index in [1.54, 1.807) is 0 Å². The maximum atomic E-state index is 12.3. The minimum atomic E-state index is -1.15. The lowest BCUT2D eigenvalue weighted by Crippen LogP contribution is -2.50. The number of aliphatic hydroxyl groups excluding tert-OH is 3. The molecule has 0 aliphatic carbocycles. The quantitative estimate of drug-likeness (QED) is 0.0432. The normalized spacial score (nSPS) is 13.9. The molecule has 0 bridgehead atoms. The summed E-state index contributed by atoms with van der Waals surface area (Å²) in [6.45, 7) is 4.14. The average molecular weight is 610 g/mol. The second kappa shape index (κ2) is 34.0. The molecular weight excluding hydrogens is 534 g/mol. The van der Waals surface area contributed by atoms with Crippen molar-refractivity contribution in [1.29, 1.82) is 0 Å². The van der Waals surface area contributed by atoms with Crippen LogP contribution >= 0.6 is 0 Å². The van der Waals surface area contributed by atoms with Crippen molar-refractivity contribution in [3.63, 3.8) is 0 Å². The Bertz CT molecular complexity index is 596. The summed E-state index contributed by atoms with van der Waals surface area (Å²) in [6.07, 6.45) is 37.4. The van der Waals surface area contributed by atoms with E-state index in [9.17, 15) is 20.1 Å². The van der Waals surface area contributed by atoms with Crippen LogP contribution in [0.15, 0.2) is 12.2 Å². The van der Waals surface area contributed by atoms with Crippen LogP contribution in [0.5, 0.6) is 0 Å². The summed E-state index contributed by atoms with van der Waals surface area (Å²) in [5.41, 5.74) is 0. The summed E-state index contributed by atoms with van der Waals surface area (Å²) >= 11 is 0. The summed E-state index contributed by atoms with van der Waals surface area (Å²) < 4.78 is 0. The molecule has 0 aliphatic rings. The van der Waals surface area contributed by atoms with Crippen LogP contribution in [0.4, 0.5) is 0 Å². The molecule has 0 aliphatic heterocycles. The van der Waals surface area contributed by atoms with Gasteiger partial charge in [-0.1, -0.05) is 167 Å². The number of hydrogen-bond donors (Lipinski definition) is 4. The van der Waals surface area contributed by atoms with Crippen LogP contribution < -0.4 is 5.32 Å². The van der Waals surface area contributed by atoms with Gasteiger partial charge in [-0.25, -0.2) is 0 Å². The fourth-order valence-corrected chi connectivity index (χ4v) is 5.87. The van der Waals surface area contributed by atoms with Crippen LogP contribution in [-0.2, 0) is 4.79 Å². The number of nitrogens with one attached hydrogen (secondary N) is 1. The van der Waals surface area contributed by atoms with Gasteiger partial charge in [-0.15, -0.1) is 0 Å². The smallest absolute Gasteiger partial charge is 0.220 e. The van der Waals surface area contributed by atoms with Crippen molar-refractivity contribution >= 4 is 5.91 Å². The molecule has 4 N–H and O–H groups in total. The highest BCUT2D eigenvalue weighted by Gasteiger charge is 2.26. The predicted octanol–water partition coefficient (Wildman–Crippen LogP) is 10.1. The molecule has 3 atom stereocenters. The molecule has 0 saturated heterocycles. The summed E-state index contributed by atoms with van der Waals surface area (Å²) in [6, 6.07) is -0.818. The number of rotatable bonds is 34. The Hall–Kier alpha value is -0.910. The summed E-state index contributed by atoms with van der Waals surface area (Å²) in [4.78, 5) is 12.3. The van der Waals surface area contributed by atoms with E-state index in [2.05, 4.69) is 31.3 Å². The van der Waals surface area contributed by atoms with Gasteiger partial charge in [-0.2, -0.15) is 0 Å². The van der Waals surface area contributed by atoms with E-state index >= 15 is 0 Å². The first-order chi connectivity index (χ1) is 21.1. The van der Waals surface area contributed by atoms with Gasteiger partial charge in [0.2, 0.25) is 5.91 Å². The third-order valence-electron chi connectivity index (χ3n) is 8.87. The van der Waals surface area contributed by atoms with Gasteiger partial charge in [0.1, 0.15) is 6.10 Å². The van der Waals surface area contributed by atoms with E-state index in [0.717, 1.165) is 38.5 Å². The maximum absolute atomic E-state index is 12.3. The Labute approximate surface area is 268 Å². The zero-order valence-electron chi connectivity index (χ0n) is 28.8. The maximum Gasteiger partial charge on any atom is 0.220 e. The number of carbonyl (C=O) groups is 1. The van der Waals surface area contributed by atoms with Gasteiger partial charge in [0, 0.05) is 6.42 Å². The van der Waals surface area contributed by atoms with Crippen molar-refractivity contribution in [3.8, 4) is 0 Å². The Kier molecular flexibility index (Phi) is 33.3. The number of carbonyl (C=O) groups excluding carboxylic acids is 1.